The van der Waals surface area contributed by atoms with Gasteiger partial charge < -0.3 is 19.1 Å². The molecule has 0 amide bonds. The third-order valence-corrected chi connectivity index (χ3v) is 7.07. The van der Waals surface area contributed by atoms with E-state index in [0.29, 0.717) is 17.5 Å². The minimum Gasteiger partial charge on any atom is -0.490 e. The molecule has 6 rings (SSSR count). The molecule has 2 unspecified atom stereocenters. The summed E-state index contributed by atoms with van der Waals surface area (Å²) in [6.07, 6.45) is 4.29. The van der Waals surface area contributed by atoms with Crippen molar-refractivity contribution < 1.29 is 13.7 Å². The Kier molecular flexibility index (Phi) is 5.52. The van der Waals surface area contributed by atoms with Crippen molar-refractivity contribution in [3.63, 3.8) is 0 Å². The lowest BCUT2D eigenvalue weighted by Gasteiger charge is -2.33. The summed E-state index contributed by atoms with van der Waals surface area (Å²) < 4.78 is 24.6. The zero-order valence-corrected chi connectivity index (χ0v) is 18.2. The Bertz CT molecular complexity index is 1090. The standard InChI is InChI=1S/C24H26FN3O2.ClH/c25-16-6-7-19-20(26-30-23(19)15-16)4-2-10-27-11-8-17-18-3-1-5-22-24(18)28(13-14-29-22)21(17)9-12-27;/h1,3,5-7,15,17,21H,2,4,8-14H2;1H. The van der Waals surface area contributed by atoms with Crippen molar-refractivity contribution in [2.24, 2.45) is 0 Å². The number of ether oxygens (including phenoxy) is 1. The number of rotatable bonds is 4. The zero-order chi connectivity index (χ0) is 20.1. The second kappa shape index (κ2) is 8.32. The summed E-state index contributed by atoms with van der Waals surface area (Å²) in [5.41, 5.74) is 4.32. The van der Waals surface area contributed by atoms with Gasteiger partial charge in [0.05, 0.1) is 17.9 Å². The number of anilines is 1. The van der Waals surface area contributed by atoms with Crippen LogP contribution in [0.4, 0.5) is 10.1 Å². The van der Waals surface area contributed by atoms with Crippen molar-refractivity contribution in [2.45, 2.75) is 37.6 Å². The fraction of sp³-hybridized carbons (Fsp3) is 0.458. The van der Waals surface area contributed by atoms with Crippen LogP contribution in [0.15, 0.2) is 40.9 Å². The smallest absolute Gasteiger partial charge is 0.170 e. The van der Waals surface area contributed by atoms with Gasteiger partial charge in [0, 0.05) is 30.0 Å². The molecule has 4 heterocycles. The van der Waals surface area contributed by atoms with E-state index in [9.17, 15) is 4.39 Å². The van der Waals surface area contributed by atoms with Crippen molar-refractivity contribution in [1.82, 2.24) is 10.1 Å². The number of nitrogens with zero attached hydrogens (tertiary/aromatic N) is 3. The minimum absolute atomic E-state index is 0. The Morgan fingerprint density at radius 1 is 1.10 bits per heavy atom. The molecule has 5 nitrogen and oxygen atoms in total. The third-order valence-electron chi connectivity index (χ3n) is 7.07. The molecule has 0 radical (unpaired) electrons. The molecule has 3 aliphatic rings. The number of aromatic nitrogens is 1. The molecule has 0 N–H and O–H groups in total. The average molecular weight is 444 g/mol. The molecule has 1 aromatic heterocycles. The summed E-state index contributed by atoms with van der Waals surface area (Å²) in [7, 11) is 0. The topological polar surface area (TPSA) is 41.7 Å². The lowest BCUT2D eigenvalue weighted by Crippen LogP contribution is -2.40. The maximum absolute atomic E-state index is 13.3. The van der Waals surface area contributed by atoms with Gasteiger partial charge >= 0.3 is 0 Å². The molecular formula is C24H27ClFN3O2. The number of aryl methyl sites for hydroxylation is 1. The number of likely N-dealkylation sites (tertiary alicyclic amines) is 1. The van der Waals surface area contributed by atoms with Gasteiger partial charge in [0.15, 0.2) is 5.58 Å². The number of halogens is 2. The van der Waals surface area contributed by atoms with E-state index >= 15 is 0 Å². The fourth-order valence-electron chi connectivity index (χ4n) is 5.68. The first-order valence-electron chi connectivity index (χ1n) is 11.1. The van der Waals surface area contributed by atoms with Crippen molar-refractivity contribution in [1.29, 1.82) is 0 Å². The first-order chi connectivity index (χ1) is 14.8. The van der Waals surface area contributed by atoms with Crippen LogP contribution in [-0.2, 0) is 6.42 Å². The van der Waals surface area contributed by atoms with Gasteiger partial charge in [0.25, 0.3) is 0 Å². The maximum Gasteiger partial charge on any atom is 0.170 e. The van der Waals surface area contributed by atoms with Gasteiger partial charge in [-0.25, -0.2) is 4.39 Å². The van der Waals surface area contributed by atoms with E-state index in [1.54, 1.807) is 6.07 Å². The SMILES string of the molecule is Cl.Fc1ccc2c(CCCN3CCC4c5cccc6c5N(CCO6)C4CC3)noc2c1. The number of benzene rings is 2. The molecule has 164 valence electrons. The molecule has 1 saturated heterocycles. The zero-order valence-electron chi connectivity index (χ0n) is 17.4. The lowest BCUT2D eigenvalue weighted by molar-refractivity contribution is 0.274. The highest BCUT2D eigenvalue weighted by atomic mass is 35.5. The normalized spacial score (nSPS) is 22.4. The van der Waals surface area contributed by atoms with Gasteiger partial charge in [-0.1, -0.05) is 17.3 Å². The van der Waals surface area contributed by atoms with Gasteiger partial charge in [-0.05, 0) is 62.5 Å². The summed E-state index contributed by atoms with van der Waals surface area (Å²) in [6.45, 7) is 5.12. The highest BCUT2D eigenvalue weighted by Crippen LogP contribution is 2.50. The Hall–Kier alpha value is -2.31. The molecule has 0 spiro atoms. The van der Waals surface area contributed by atoms with E-state index in [4.69, 9.17) is 9.26 Å². The molecule has 3 aromatic rings. The van der Waals surface area contributed by atoms with Crippen molar-refractivity contribution in [2.75, 3.05) is 37.7 Å². The summed E-state index contributed by atoms with van der Waals surface area (Å²) >= 11 is 0. The van der Waals surface area contributed by atoms with E-state index in [1.165, 1.54) is 36.2 Å². The van der Waals surface area contributed by atoms with E-state index in [0.717, 1.165) is 62.5 Å². The molecular weight excluding hydrogens is 417 g/mol. The van der Waals surface area contributed by atoms with Gasteiger partial charge in [0.1, 0.15) is 18.2 Å². The molecule has 7 heteroatoms. The first-order valence-corrected chi connectivity index (χ1v) is 11.1. The lowest BCUT2D eigenvalue weighted by atomic mass is 9.91. The Morgan fingerprint density at radius 2 is 2.00 bits per heavy atom. The molecule has 0 saturated carbocycles. The number of para-hydroxylation sites is 1. The summed E-state index contributed by atoms with van der Waals surface area (Å²) in [5, 5.41) is 5.10. The van der Waals surface area contributed by atoms with Gasteiger partial charge in [-0.15, -0.1) is 12.4 Å². The van der Waals surface area contributed by atoms with Crippen LogP contribution in [-0.4, -0.2) is 48.9 Å². The van der Waals surface area contributed by atoms with Crippen molar-refractivity contribution >= 4 is 29.1 Å². The Balaban J connectivity index is 0.00000204. The van der Waals surface area contributed by atoms with Crippen molar-refractivity contribution in [3.8, 4) is 5.75 Å². The van der Waals surface area contributed by atoms with Crippen LogP contribution < -0.4 is 9.64 Å². The second-order valence-electron chi connectivity index (χ2n) is 8.70. The molecule has 31 heavy (non-hydrogen) atoms. The quantitative estimate of drug-likeness (QED) is 0.580. The molecule has 0 bridgehead atoms. The van der Waals surface area contributed by atoms with Gasteiger partial charge in [-0.2, -0.15) is 0 Å². The molecule has 2 atom stereocenters. The highest BCUT2D eigenvalue weighted by molar-refractivity contribution is 5.85. The first kappa shape index (κ1) is 20.6. The molecule has 0 aliphatic carbocycles. The van der Waals surface area contributed by atoms with Crippen LogP contribution in [0.1, 0.15) is 36.4 Å². The Morgan fingerprint density at radius 3 is 2.94 bits per heavy atom. The predicted octanol–water partition coefficient (Wildman–Crippen LogP) is 4.78. The summed E-state index contributed by atoms with van der Waals surface area (Å²) in [5.74, 6) is 1.40. The van der Waals surface area contributed by atoms with Crippen LogP contribution >= 0.6 is 12.4 Å². The third kappa shape index (κ3) is 3.56. The minimum atomic E-state index is -0.283. The predicted molar refractivity (Wildman–Crippen MR) is 121 cm³/mol. The number of hydrogen-bond donors (Lipinski definition) is 0. The average Bonchev–Trinajstić information content (AvgIpc) is 3.21. The van der Waals surface area contributed by atoms with Crippen LogP contribution in [0.3, 0.4) is 0 Å². The van der Waals surface area contributed by atoms with Crippen LogP contribution in [0.2, 0.25) is 0 Å². The maximum atomic E-state index is 13.3. The Labute approximate surface area is 187 Å². The van der Waals surface area contributed by atoms with E-state index in [-0.39, 0.29) is 18.2 Å². The van der Waals surface area contributed by atoms with Crippen LogP contribution in [0.25, 0.3) is 11.0 Å². The van der Waals surface area contributed by atoms with Crippen molar-refractivity contribution in [3.05, 3.63) is 53.5 Å². The van der Waals surface area contributed by atoms with Gasteiger partial charge in [-0.3, -0.25) is 0 Å². The van der Waals surface area contributed by atoms with Crippen LogP contribution in [0, 0.1) is 5.82 Å². The summed E-state index contributed by atoms with van der Waals surface area (Å²) in [4.78, 5) is 5.22. The van der Waals surface area contributed by atoms with Gasteiger partial charge in [0.2, 0.25) is 0 Å². The van der Waals surface area contributed by atoms with Crippen LogP contribution in [0.5, 0.6) is 5.75 Å². The summed E-state index contributed by atoms with van der Waals surface area (Å²) in [6, 6.07) is 11.8. The fourth-order valence-corrected chi connectivity index (χ4v) is 5.68. The second-order valence-corrected chi connectivity index (χ2v) is 8.70. The van der Waals surface area contributed by atoms with E-state index in [1.807, 2.05) is 0 Å². The largest absolute Gasteiger partial charge is 0.490 e. The van der Waals surface area contributed by atoms with E-state index < -0.39 is 0 Å². The molecule has 1 fully saturated rings. The molecule has 3 aliphatic heterocycles. The molecule has 2 aromatic carbocycles. The number of fused-ring (bicyclic) bond motifs is 4. The monoisotopic (exact) mass is 443 g/mol. The van der Waals surface area contributed by atoms with E-state index in [2.05, 4.69) is 33.2 Å². The number of hydrogen-bond acceptors (Lipinski definition) is 5. The highest BCUT2D eigenvalue weighted by Gasteiger charge is 2.42.